The van der Waals surface area contributed by atoms with Gasteiger partial charge >= 0.3 is 0 Å². The van der Waals surface area contributed by atoms with Gasteiger partial charge in [-0.3, -0.25) is 0 Å². The molecule has 4 rings (SSSR count). The van der Waals surface area contributed by atoms with E-state index in [2.05, 4.69) is 19.6 Å². The fourth-order valence-electron chi connectivity index (χ4n) is 4.89. The Morgan fingerprint density at radius 2 is 1.38 bits per heavy atom. The second kappa shape index (κ2) is 3.58. The molecule has 16 heavy (non-hydrogen) atoms. The molecule has 0 saturated heterocycles. The van der Waals surface area contributed by atoms with Crippen LogP contribution in [0.25, 0.3) is 0 Å². The Kier molecular flexibility index (Phi) is 2.53. The molecule has 2 heteroatoms. The third kappa shape index (κ3) is 2.11. The van der Waals surface area contributed by atoms with Crippen molar-refractivity contribution in [3.8, 4) is 0 Å². The summed E-state index contributed by atoms with van der Waals surface area (Å²) in [6.45, 7) is 7.09. The van der Waals surface area contributed by atoms with E-state index in [0.717, 1.165) is 17.8 Å². The molecule has 2 atom stereocenters. The van der Waals surface area contributed by atoms with Gasteiger partial charge in [0.15, 0.2) is 8.32 Å². The standard InChI is InChI=1S/C14H26OSi/c1-16(2,3)15-14-8-11-4-5-12(9-14)7-13(6-11)10-14/h11-13H,4-10H2,1-3H3. The molecule has 0 aliphatic heterocycles. The van der Waals surface area contributed by atoms with Crippen LogP contribution < -0.4 is 0 Å². The highest BCUT2D eigenvalue weighted by atomic mass is 28.4. The van der Waals surface area contributed by atoms with Gasteiger partial charge in [0.2, 0.25) is 0 Å². The Balaban J connectivity index is 1.85. The molecule has 4 bridgehead atoms. The third-order valence-electron chi connectivity index (χ3n) is 4.82. The van der Waals surface area contributed by atoms with Crippen molar-refractivity contribution in [1.29, 1.82) is 0 Å². The molecule has 0 N–H and O–H groups in total. The Hall–Kier alpha value is 0.177. The van der Waals surface area contributed by atoms with Crippen molar-refractivity contribution in [3.05, 3.63) is 0 Å². The molecule has 0 heterocycles. The summed E-state index contributed by atoms with van der Waals surface area (Å²) in [7, 11) is -1.37. The van der Waals surface area contributed by atoms with E-state index in [0.29, 0.717) is 5.60 Å². The smallest absolute Gasteiger partial charge is 0.184 e. The Bertz CT molecular complexity index is 265. The maximum Gasteiger partial charge on any atom is 0.184 e. The predicted octanol–water partition coefficient (Wildman–Crippen LogP) is 4.20. The minimum atomic E-state index is -1.37. The van der Waals surface area contributed by atoms with Gasteiger partial charge in [-0.15, -0.1) is 0 Å². The molecule has 0 amide bonds. The Morgan fingerprint density at radius 3 is 1.88 bits per heavy atom. The summed E-state index contributed by atoms with van der Waals surface area (Å²) in [5, 5.41) is 0. The highest BCUT2D eigenvalue weighted by molar-refractivity contribution is 6.69. The first-order valence-electron chi connectivity index (χ1n) is 7.14. The molecule has 0 spiro atoms. The van der Waals surface area contributed by atoms with Crippen LogP contribution in [0.15, 0.2) is 0 Å². The van der Waals surface area contributed by atoms with Crippen LogP contribution in [0.5, 0.6) is 0 Å². The average Bonchev–Trinajstić information content (AvgIpc) is 2.27. The lowest BCUT2D eigenvalue weighted by Gasteiger charge is -2.50. The van der Waals surface area contributed by atoms with Crippen molar-refractivity contribution in [2.75, 3.05) is 0 Å². The second-order valence-electron chi connectivity index (χ2n) is 7.66. The van der Waals surface area contributed by atoms with Gasteiger partial charge in [-0.25, -0.2) is 0 Å². The summed E-state index contributed by atoms with van der Waals surface area (Å²) in [4.78, 5) is 0. The van der Waals surface area contributed by atoms with Gasteiger partial charge in [0.25, 0.3) is 0 Å². The van der Waals surface area contributed by atoms with Crippen molar-refractivity contribution < 1.29 is 4.43 Å². The molecule has 1 nitrogen and oxygen atoms in total. The van der Waals surface area contributed by atoms with Gasteiger partial charge in [-0.1, -0.05) is 12.8 Å². The first-order valence-corrected chi connectivity index (χ1v) is 10.6. The zero-order valence-electron chi connectivity index (χ0n) is 11.1. The average molecular weight is 238 g/mol. The molecule has 4 aliphatic rings. The SMILES string of the molecule is C[Si](C)(C)OC12CC3CCC(CC(C3)C1)C2. The van der Waals surface area contributed by atoms with Crippen molar-refractivity contribution in [1.82, 2.24) is 0 Å². The van der Waals surface area contributed by atoms with Crippen molar-refractivity contribution in [2.24, 2.45) is 17.8 Å². The summed E-state index contributed by atoms with van der Waals surface area (Å²) in [6.07, 6.45) is 10.2. The highest BCUT2D eigenvalue weighted by Gasteiger charge is 2.50. The maximum atomic E-state index is 6.66. The minimum Gasteiger partial charge on any atom is -0.412 e. The topological polar surface area (TPSA) is 9.23 Å². The largest absolute Gasteiger partial charge is 0.412 e. The molecule has 2 unspecified atom stereocenters. The molecule has 0 aromatic rings. The first-order chi connectivity index (χ1) is 7.44. The summed E-state index contributed by atoms with van der Waals surface area (Å²) < 4.78 is 6.66. The molecule has 4 aliphatic carbocycles. The van der Waals surface area contributed by atoms with Crippen LogP contribution in [0, 0.1) is 17.8 Å². The molecule has 0 aromatic carbocycles. The zero-order chi connectivity index (χ0) is 11.4. The van der Waals surface area contributed by atoms with Crippen LogP contribution in [0.4, 0.5) is 0 Å². The third-order valence-corrected chi connectivity index (χ3v) is 5.87. The normalized spacial score (nSPS) is 47.1. The van der Waals surface area contributed by atoms with Crippen LogP contribution in [-0.2, 0) is 4.43 Å². The molecule has 4 saturated carbocycles. The fraction of sp³-hybridized carbons (Fsp3) is 1.00. The quantitative estimate of drug-likeness (QED) is 0.655. The monoisotopic (exact) mass is 238 g/mol. The molecule has 0 radical (unpaired) electrons. The van der Waals surface area contributed by atoms with Gasteiger partial charge < -0.3 is 4.43 Å². The lowest BCUT2D eigenvalue weighted by atomic mass is 9.65. The first kappa shape index (κ1) is 11.3. The molecule has 92 valence electrons. The number of hydrogen-bond acceptors (Lipinski definition) is 1. The van der Waals surface area contributed by atoms with E-state index in [1.165, 1.54) is 44.9 Å². The highest BCUT2D eigenvalue weighted by Crippen LogP contribution is 2.55. The Labute approximate surface area is 101 Å². The number of rotatable bonds is 2. The number of fused-ring (bicyclic) bond motifs is 1. The lowest BCUT2D eigenvalue weighted by molar-refractivity contribution is -0.0561. The van der Waals surface area contributed by atoms with Crippen molar-refractivity contribution in [2.45, 2.75) is 70.2 Å². The fourth-order valence-corrected chi connectivity index (χ4v) is 6.44. The van der Waals surface area contributed by atoms with Crippen LogP contribution in [0.2, 0.25) is 19.6 Å². The zero-order valence-corrected chi connectivity index (χ0v) is 12.1. The summed E-state index contributed by atoms with van der Waals surface area (Å²) in [5.41, 5.74) is 0.331. The van der Waals surface area contributed by atoms with E-state index in [1.807, 2.05) is 0 Å². The van der Waals surface area contributed by atoms with Gasteiger partial charge in [0.05, 0.1) is 5.60 Å². The van der Waals surface area contributed by atoms with Crippen LogP contribution in [0.3, 0.4) is 0 Å². The summed E-state index contributed by atoms with van der Waals surface area (Å²) >= 11 is 0. The van der Waals surface area contributed by atoms with E-state index >= 15 is 0 Å². The van der Waals surface area contributed by atoms with Crippen molar-refractivity contribution >= 4 is 8.32 Å². The lowest BCUT2D eigenvalue weighted by Crippen LogP contribution is -2.50. The summed E-state index contributed by atoms with van der Waals surface area (Å²) in [6, 6.07) is 0. The van der Waals surface area contributed by atoms with Gasteiger partial charge in [-0.05, 0) is 69.5 Å². The summed E-state index contributed by atoms with van der Waals surface area (Å²) in [5.74, 6) is 3.02. The van der Waals surface area contributed by atoms with E-state index in [-0.39, 0.29) is 0 Å². The van der Waals surface area contributed by atoms with E-state index in [9.17, 15) is 0 Å². The minimum absolute atomic E-state index is 0.331. The van der Waals surface area contributed by atoms with E-state index < -0.39 is 8.32 Å². The van der Waals surface area contributed by atoms with Crippen LogP contribution in [0.1, 0.15) is 44.9 Å². The van der Waals surface area contributed by atoms with Crippen molar-refractivity contribution in [3.63, 3.8) is 0 Å². The van der Waals surface area contributed by atoms with Crippen LogP contribution in [-0.4, -0.2) is 13.9 Å². The maximum absolute atomic E-state index is 6.66. The van der Waals surface area contributed by atoms with E-state index in [4.69, 9.17) is 4.43 Å². The van der Waals surface area contributed by atoms with E-state index in [1.54, 1.807) is 0 Å². The molecule has 4 fully saturated rings. The predicted molar refractivity (Wildman–Crippen MR) is 70.0 cm³/mol. The molecular formula is C14H26OSi. The number of hydrogen-bond donors (Lipinski definition) is 0. The molecule has 0 aromatic heterocycles. The van der Waals surface area contributed by atoms with Crippen LogP contribution >= 0.6 is 0 Å². The van der Waals surface area contributed by atoms with Gasteiger partial charge in [0.1, 0.15) is 0 Å². The Morgan fingerprint density at radius 1 is 0.875 bits per heavy atom. The second-order valence-corrected chi connectivity index (χ2v) is 12.1. The van der Waals surface area contributed by atoms with Gasteiger partial charge in [-0.2, -0.15) is 0 Å². The molecular weight excluding hydrogens is 212 g/mol. The van der Waals surface area contributed by atoms with Gasteiger partial charge in [0, 0.05) is 0 Å².